The Morgan fingerprint density at radius 3 is 2.70 bits per heavy atom. The van der Waals surface area contributed by atoms with Crippen molar-refractivity contribution in [2.75, 3.05) is 13.7 Å². The van der Waals surface area contributed by atoms with Gasteiger partial charge in [-0.25, -0.2) is 9.07 Å². The number of hydrogen-bond donors (Lipinski definition) is 0. The van der Waals surface area contributed by atoms with Crippen LogP contribution in [0, 0.1) is 5.82 Å². The standard InChI is InChI=1S/C14H21FN2O2Si/c1-18-12-7-11-9-16-17(14(11)13(15)8-12)10-19-5-6-20(2,3)4/h7-9H,5-6,10H2,1-4H3. The molecule has 4 nitrogen and oxygen atoms in total. The Morgan fingerprint density at radius 2 is 2.05 bits per heavy atom. The fourth-order valence-electron chi connectivity index (χ4n) is 1.90. The van der Waals surface area contributed by atoms with Gasteiger partial charge in [0.15, 0.2) is 5.82 Å². The first kappa shape index (κ1) is 15.0. The lowest BCUT2D eigenvalue weighted by Crippen LogP contribution is -2.22. The number of nitrogens with zero attached hydrogens (tertiary/aromatic N) is 2. The number of aromatic nitrogens is 2. The van der Waals surface area contributed by atoms with Gasteiger partial charge < -0.3 is 9.47 Å². The molecule has 0 radical (unpaired) electrons. The molecule has 0 amide bonds. The van der Waals surface area contributed by atoms with E-state index in [2.05, 4.69) is 24.7 Å². The van der Waals surface area contributed by atoms with E-state index in [0.29, 0.717) is 17.9 Å². The van der Waals surface area contributed by atoms with Crippen LogP contribution < -0.4 is 4.74 Å². The van der Waals surface area contributed by atoms with Gasteiger partial charge in [-0.3, -0.25) is 0 Å². The van der Waals surface area contributed by atoms with Crippen molar-refractivity contribution in [2.24, 2.45) is 0 Å². The van der Waals surface area contributed by atoms with Gasteiger partial charge in [0.1, 0.15) is 18.0 Å². The summed E-state index contributed by atoms with van der Waals surface area (Å²) in [7, 11) is 0.417. The molecule has 20 heavy (non-hydrogen) atoms. The number of benzene rings is 1. The molecular weight excluding hydrogens is 275 g/mol. The summed E-state index contributed by atoms with van der Waals surface area (Å²) in [6.07, 6.45) is 1.63. The second-order valence-corrected chi connectivity index (χ2v) is 11.7. The van der Waals surface area contributed by atoms with Crippen molar-refractivity contribution in [3.05, 3.63) is 24.1 Å². The maximum atomic E-state index is 14.0. The first-order valence-electron chi connectivity index (χ1n) is 6.67. The van der Waals surface area contributed by atoms with Crippen LogP contribution in [0.2, 0.25) is 25.7 Å². The second-order valence-electron chi connectivity index (χ2n) is 6.04. The van der Waals surface area contributed by atoms with Gasteiger partial charge in [-0.15, -0.1) is 0 Å². The van der Waals surface area contributed by atoms with Gasteiger partial charge >= 0.3 is 0 Å². The quantitative estimate of drug-likeness (QED) is 0.604. The Labute approximate surface area is 119 Å². The summed E-state index contributed by atoms with van der Waals surface area (Å²) < 4.78 is 26.2. The molecule has 1 aromatic carbocycles. The largest absolute Gasteiger partial charge is 0.497 e. The Hall–Kier alpha value is -1.40. The lowest BCUT2D eigenvalue weighted by Gasteiger charge is -2.15. The van der Waals surface area contributed by atoms with Crippen molar-refractivity contribution in [3.63, 3.8) is 0 Å². The monoisotopic (exact) mass is 296 g/mol. The smallest absolute Gasteiger partial charge is 0.152 e. The topological polar surface area (TPSA) is 36.3 Å². The van der Waals surface area contributed by atoms with Crippen LogP contribution in [0.25, 0.3) is 10.9 Å². The van der Waals surface area contributed by atoms with E-state index in [1.54, 1.807) is 16.9 Å². The maximum Gasteiger partial charge on any atom is 0.152 e. The van der Waals surface area contributed by atoms with E-state index < -0.39 is 8.07 Å². The number of ether oxygens (including phenoxy) is 2. The fraction of sp³-hybridized carbons (Fsp3) is 0.500. The summed E-state index contributed by atoms with van der Waals surface area (Å²) in [4.78, 5) is 0. The molecule has 0 spiro atoms. The molecule has 1 aromatic heterocycles. The van der Waals surface area contributed by atoms with Crippen LogP contribution in [-0.4, -0.2) is 31.6 Å². The molecule has 2 aromatic rings. The lowest BCUT2D eigenvalue weighted by molar-refractivity contribution is 0.0813. The van der Waals surface area contributed by atoms with Crippen LogP contribution in [0.1, 0.15) is 0 Å². The van der Waals surface area contributed by atoms with Gasteiger partial charge in [0.25, 0.3) is 0 Å². The van der Waals surface area contributed by atoms with E-state index in [9.17, 15) is 4.39 Å². The van der Waals surface area contributed by atoms with Crippen molar-refractivity contribution >= 4 is 19.0 Å². The molecule has 2 rings (SSSR count). The summed E-state index contributed by atoms with van der Waals surface area (Å²) in [5.41, 5.74) is 0.457. The third-order valence-electron chi connectivity index (χ3n) is 3.11. The molecule has 1 heterocycles. The third kappa shape index (κ3) is 3.58. The summed E-state index contributed by atoms with van der Waals surface area (Å²) in [6, 6.07) is 4.22. The first-order valence-corrected chi connectivity index (χ1v) is 10.4. The van der Waals surface area contributed by atoms with Gasteiger partial charge in [-0.1, -0.05) is 19.6 Å². The van der Waals surface area contributed by atoms with Crippen molar-refractivity contribution < 1.29 is 13.9 Å². The number of rotatable bonds is 6. The molecule has 0 saturated carbocycles. The van der Waals surface area contributed by atoms with E-state index in [1.807, 2.05) is 0 Å². The van der Waals surface area contributed by atoms with Gasteiger partial charge in [0.2, 0.25) is 0 Å². The summed E-state index contributed by atoms with van der Waals surface area (Å²) >= 11 is 0. The average Bonchev–Trinajstić information content (AvgIpc) is 2.77. The zero-order valence-electron chi connectivity index (χ0n) is 12.4. The molecule has 0 unspecified atom stereocenters. The van der Waals surface area contributed by atoms with Crippen molar-refractivity contribution in [1.82, 2.24) is 9.78 Å². The highest BCUT2D eigenvalue weighted by molar-refractivity contribution is 6.76. The maximum absolute atomic E-state index is 14.0. The minimum Gasteiger partial charge on any atom is -0.497 e. The van der Waals surface area contributed by atoms with Crippen LogP contribution in [0.3, 0.4) is 0 Å². The Morgan fingerprint density at radius 1 is 1.30 bits per heavy atom. The normalized spacial score (nSPS) is 12.1. The van der Waals surface area contributed by atoms with Crippen LogP contribution in [0.4, 0.5) is 4.39 Å². The highest BCUT2D eigenvalue weighted by Gasteiger charge is 2.13. The predicted octanol–water partition coefficient (Wildman–Crippen LogP) is 3.50. The molecule has 0 aliphatic rings. The lowest BCUT2D eigenvalue weighted by atomic mass is 10.2. The summed E-state index contributed by atoms with van der Waals surface area (Å²) in [5.74, 6) is 0.153. The molecule has 0 aliphatic carbocycles. The van der Waals surface area contributed by atoms with Gasteiger partial charge in [-0.2, -0.15) is 5.10 Å². The molecule has 0 N–H and O–H groups in total. The van der Waals surface area contributed by atoms with E-state index >= 15 is 0 Å². The molecule has 6 heteroatoms. The summed E-state index contributed by atoms with van der Waals surface area (Å²) in [5, 5.41) is 4.89. The van der Waals surface area contributed by atoms with Crippen LogP contribution in [0.15, 0.2) is 18.3 Å². The predicted molar refractivity (Wildman–Crippen MR) is 80.3 cm³/mol. The van der Waals surface area contributed by atoms with Gasteiger partial charge in [-0.05, 0) is 12.1 Å². The molecular formula is C14H21FN2O2Si. The Bertz CT molecular complexity index is 593. The van der Waals surface area contributed by atoms with E-state index in [0.717, 1.165) is 11.4 Å². The van der Waals surface area contributed by atoms with Gasteiger partial charge in [0, 0.05) is 26.1 Å². The zero-order valence-corrected chi connectivity index (χ0v) is 13.4. The first-order chi connectivity index (χ1) is 9.40. The molecule has 0 bridgehead atoms. The van der Waals surface area contributed by atoms with Crippen molar-refractivity contribution in [3.8, 4) is 5.75 Å². The molecule has 0 atom stereocenters. The van der Waals surface area contributed by atoms with E-state index in [-0.39, 0.29) is 12.5 Å². The zero-order chi connectivity index (χ0) is 14.8. The number of halogens is 1. The molecule has 110 valence electrons. The highest BCUT2D eigenvalue weighted by Crippen LogP contribution is 2.24. The minimum absolute atomic E-state index is 0.275. The molecule has 0 saturated heterocycles. The van der Waals surface area contributed by atoms with Gasteiger partial charge in [0.05, 0.1) is 13.3 Å². The Kier molecular flexibility index (Phi) is 4.44. The number of fused-ring (bicyclic) bond motifs is 1. The van der Waals surface area contributed by atoms with Crippen LogP contribution in [0.5, 0.6) is 5.75 Å². The van der Waals surface area contributed by atoms with Crippen molar-refractivity contribution in [1.29, 1.82) is 0 Å². The van der Waals surface area contributed by atoms with Crippen molar-refractivity contribution in [2.45, 2.75) is 32.4 Å². The minimum atomic E-state index is -1.10. The van der Waals surface area contributed by atoms with E-state index in [4.69, 9.17) is 9.47 Å². The molecule has 0 fully saturated rings. The van der Waals surface area contributed by atoms with Crippen LogP contribution >= 0.6 is 0 Å². The second kappa shape index (κ2) is 5.93. The number of hydrogen-bond acceptors (Lipinski definition) is 3. The third-order valence-corrected chi connectivity index (χ3v) is 4.81. The number of methoxy groups -OCH3 is 1. The molecule has 0 aliphatic heterocycles. The van der Waals surface area contributed by atoms with Crippen LogP contribution in [-0.2, 0) is 11.5 Å². The fourth-order valence-corrected chi connectivity index (χ4v) is 2.66. The highest BCUT2D eigenvalue weighted by atomic mass is 28.3. The Balaban J connectivity index is 2.08. The SMILES string of the molecule is COc1cc(F)c2c(cnn2COCC[Si](C)(C)C)c1. The average molecular weight is 296 g/mol. The van der Waals surface area contributed by atoms with E-state index in [1.165, 1.54) is 13.2 Å². The summed E-state index contributed by atoms with van der Waals surface area (Å²) in [6.45, 7) is 7.86.